The van der Waals surface area contributed by atoms with Gasteiger partial charge in [-0.05, 0) is 101 Å². The average Bonchev–Trinajstić information content (AvgIpc) is 3.53. The predicted molar refractivity (Wildman–Crippen MR) is 236 cm³/mol. The molecule has 63 heavy (non-hydrogen) atoms. The summed E-state index contributed by atoms with van der Waals surface area (Å²) in [5.41, 5.74) is 1.08. The van der Waals surface area contributed by atoms with Gasteiger partial charge >= 0.3 is 0 Å². The molecule has 2 aliphatic rings. The fourth-order valence-electron chi connectivity index (χ4n) is 8.28. The number of methoxy groups -OCH3 is 1. The van der Waals surface area contributed by atoms with Crippen molar-refractivity contribution < 1.29 is 75.5 Å². The van der Waals surface area contributed by atoms with Gasteiger partial charge in [-0.2, -0.15) is 38.2 Å². The van der Waals surface area contributed by atoms with Crippen LogP contribution in [0.1, 0.15) is 83.3 Å². The van der Waals surface area contributed by atoms with Crippen LogP contribution >= 0.6 is 0 Å². The molecule has 2 unspecified atom stereocenters. The molecule has 0 aromatic heterocycles. The highest BCUT2D eigenvalue weighted by molar-refractivity contribution is 7.86. The Balaban J connectivity index is 1.89. The first-order valence-corrected chi connectivity index (χ1v) is 26.5. The zero-order valence-electron chi connectivity index (χ0n) is 35.9. The Kier molecular flexibility index (Phi) is 18.0. The van der Waals surface area contributed by atoms with Gasteiger partial charge in [-0.3, -0.25) is 18.2 Å². The summed E-state index contributed by atoms with van der Waals surface area (Å²) in [4.78, 5) is 12.8. The van der Waals surface area contributed by atoms with Gasteiger partial charge < -0.3 is 23.9 Å². The average molecular weight is 964 g/mol. The summed E-state index contributed by atoms with van der Waals surface area (Å²) < 4.78 is 155. The molecular weight excluding hydrogens is 905 g/mol. The predicted octanol–water partition coefficient (Wildman–Crippen LogP) is 4.92. The lowest BCUT2D eigenvalue weighted by Gasteiger charge is -2.30. The molecule has 4 N–H and O–H groups in total. The Morgan fingerprint density at radius 2 is 1.27 bits per heavy atom. The van der Waals surface area contributed by atoms with Gasteiger partial charge in [0.15, 0.2) is 5.71 Å². The Labute approximate surface area is 371 Å². The van der Waals surface area contributed by atoms with Crippen molar-refractivity contribution in [3.63, 3.8) is 0 Å². The smallest absolute Gasteiger partial charge is 0.294 e. The van der Waals surface area contributed by atoms with Crippen LogP contribution in [0.4, 0.5) is 11.4 Å². The fourth-order valence-corrected chi connectivity index (χ4v) is 10.3. The number of hydrogen-bond acceptors (Lipinski definition) is 13. The lowest BCUT2D eigenvalue weighted by atomic mass is 9.75. The molecule has 2 aromatic carbocycles. The van der Waals surface area contributed by atoms with Crippen LogP contribution in [0, 0.1) is 0 Å². The van der Waals surface area contributed by atoms with E-state index < -0.39 is 62.8 Å². The maximum Gasteiger partial charge on any atom is 0.294 e. The van der Waals surface area contributed by atoms with Gasteiger partial charge in [0.05, 0.1) is 59.7 Å². The maximum atomic E-state index is 12.4. The zero-order chi connectivity index (χ0) is 46.9. The summed E-state index contributed by atoms with van der Waals surface area (Å²) in [5.74, 6) is -1.12. The Bertz CT molecular complexity index is 2520. The van der Waals surface area contributed by atoms with Gasteiger partial charge in [0.2, 0.25) is 5.69 Å². The van der Waals surface area contributed by atoms with E-state index in [0.29, 0.717) is 86.0 Å². The summed E-state index contributed by atoms with van der Waals surface area (Å²) in [6.07, 6.45) is 7.71. The highest BCUT2D eigenvalue weighted by Gasteiger charge is 2.48. The van der Waals surface area contributed by atoms with Crippen LogP contribution in [0.15, 0.2) is 70.1 Å². The van der Waals surface area contributed by atoms with Crippen molar-refractivity contribution in [2.24, 2.45) is 0 Å². The third kappa shape index (κ3) is 14.3. The van der Waals surface area contributed by atoms with Crippen molar-refractivity contribution in [3.05, 3.63) is 71.5 Å². The quantitative estimate of drug-likeness (QED) is 0.0526. The molecule has 352 valence electrons. The van der Waals surface area contributed by atoms with E-state index in [1.807, 2.05) is 9.48 Å². The number of anilines is 1. The van der Waals surface area contributed by atoms with Crippen molar-refractivity contribution in [2.45, 2.75) is 92.8 Å². The second-order valence-electron chi connectivity index (χ2n) is 16.1. The van der Waals surface area contributed by atoms with Gasteiger partial charge in [0, 0.05) is 61.0 Å². The molecule has 0 spiro atoms. The number of unbranched alkanes of at least 4 members (excludes halogenated alkanes) is 2. The number of Topliss-reactive ketones (excluding diaryl/α,β-unsaturated/α-hetero) is 1. The standard InChI is InChI=1S/C41H58N2O16S4/c1-31(44)11-6-5-7-20-42-36-16-14-32(62(51,52)53)29-34(36)40(2,18-9-27-60(45,46)47)38(42)12-8-13-39-41(3,19-10-28-61(48,49)50)35-30-33(63(54,55)56)15-17-37(35)43(39)21-22-58-25-26-59-24-23-57-4/h8,12-17,29-30H,5-7,9-11,18-28H2,1-4H3,(H3-,45,46,47,48,49,50,51,52,53,54,55,56)/p+1. The number of benzene rings is 2. The lowest BCUT2D eigenvalue weighted by Crippen LogP contribution is -2.32. The molecule has 0 saturated heterocycles. The molecule has 22 heteroatoms. The first kappa shape index (κ1) is 52.2. The first-order chi connectivity index (χ1) is 29.3. The van der Waals surface area contributed by atoms with Crippen molar-refractivity contribution in [1.29, 1.82) is 0 Å². The minimum Gasteiger partial charge on any atom is -0.382 e. The topological polar surface area (TPSA) is 268 Å². The Hall–Kier alpha value is -3.42. The van der Waals surface area contributed by atoms with Crippen molar-refractivity contribution in [1.82, 2.24) is 0 Å². The van der Waals surface area contributed by atoms with E-state index in [1.165, 1.54) is 37.3 Å². The number of carbonyl (C=O) groups is 1. The van der Waals surface area contributed by atoms with Gasteiger partial charge in [-0.15, -0.1) is 0 Å². The minimum absolute atomic E-state index is 0.0296. The normalized spacial score (nSPS) is 20.0. The van der Waals surface area contributed by atoms with Crippen LogP contribution in [-0.4, -0.2) is 133 Å². The SMILES string of the molecule is COCCOCCOCCN1/C(=C/C=C/C2=[N+](CCCCCC(C)=O)c3ccc(S(=O)(=O)O)cc3C2(C)CCCS(=O)(=O)O)C(C)(CCCS(=O)(=O)O)c2cc(S(=O)(=O)O)ccc21. The highest BCUT2D eigenvalue weighted by atomic mass is 32.2. The molecule has 0 saturated carbocycles. The second-order valence-corrected chi connectivity index (χ2v) is 22.1. The van der Waals surface area contributed by atoms with Crippen LogP contribution in [0.2, 0.25) is 0 Å². The first-order valence-electron chi connectivity index (χ1n) is 20.4. The van der Waals surface area contributed by atoms with E-state index in [1.54, 1.807) is 45.3 Å². The van der Waals surface area contributed by atoms with Crippen LogP contribution in [0.3, 0.4) is 0 Å². The van der Waals surface area contributed by atoms with Gasteiger partial charge in [0.1, 0.15) is 12.3 Å². The summed E-state index contributed by atoms with van der Waals surface area (Å²) in [5, 5.41) is 0. The molecule has 18 nitrogen and oxygen atoms in total. The summed E-state index contributed by atoms with van der Waals surface area (Å²) >= 11 is 0. The molecule has 4 rings (SSSR count). The molecule has 2 aliphatic heterocycles. The Morgan fingerprint density at radius 3 is 1.84 bits per heavy atom. The summed E-state index contributed by atoms with van der Waals surface area (Å²) in [7, 11) is -16.5. The van der Waals surface area contributed by atoms with E-state index >= 15 is 0 Å². The number of ether oxygens (including phenoxy) is 3. The second kappa shape index (κ2) is 21.7. The molecule has 2 atom stereocenters. The van der Waals surface area contributed by atoms with E-state index in [2.05, 4.69) is 0 Å². The molecule has 0 radical (unpaired) electrons. The van der Waals surface area contributed by atoms with Crippen LogP contribution in [-0.2, 0) is 70.3 Å². The Morgan fingerprint density at radius 1 is 0.714 bits per heavy atom. The van der Waals surface area contributed by atoms with E-state index in [9.17, 15) is 56.7 Å². The van der Waals surface area contributed by atoms with Crippen molar-refractivity contribution >= 4 is 63.3 Å². The van der Waals surface area contributed by atoms with Crippen molar-refractivity contribution in [3.8, 4) is 0 Å². The van der Waals surface area contributed by atoms with Gasteiger partial charge in [-0.25, -0.2) is 0 Å². The number of rotatable bonds is 27. The number of fused-ring (bicyclic) bond motifs is 2. The minimum atomic E-state index is -4.67. The molecule has 0 amide bonds. The van der Waals surface area contributed by atoms with Crippen LogP contribution < -0.4 is 4.90 Å². The van der Waals surface area contributed by atoms with Crippen molar-refractivity contribution in [2.75, 3.05) is 69.6 Å². The van der Waals surface area contributed by atoms with E-state index in [-0.39, 0.29) is 61.0 Å². The summed E-state index contributed by atoms with van der Waals surface area (Å²) in [6, 6.07) is 8.29. The van der Waals surface area contributed by atoms with Crippen LogP contribution in [0.5, 0.6) is 0 Å². The molecule has 2 heterocycles. The number of hydrogen-bond donors (Lipinski definition) is 4. The van der Waals surface area contributed by atoms with E-state index in [4.69, 9.17) is 14.2 Å². The van der Waals surface area contributed by atoms with E-state index in [0.717, 1.165) is 0 Å². The molecular formula is C41H59N2O16S4+. The molecule has 0 bridgehead atoms. The molecule has 0 aliphatic carbocycles. The number of nitrogens with zero attached hydrogens (tertiary/aromatic N) is 2. The summed E-state index contributed by atoms with van der Waals surface area (Å²) in [6.45, 7) is 7.22. The third-order valence-electron chi connectivity index (χ3n) is 11.4. The number of carbonyl (C=O) groups excluding carboxylic acids is 1. The molecule has 0 fully saturated rings. The highest BCUT2D eigenvalue weighted by Crippen LogP contribution is 2.51. The number of ketones is 1. The van der Waals surface area contributed by atoms with Gasteiger partial charge in [-0.1, -0.05) is 6.08 Å². The number of allylic oxidation sites excluding steroid dienone is 4. The maximum absolute atomic E-state index is 12.4. The van der Waals surface area contributed by atoms with Gasteiger partial charge in [0.25, 0.3) is 40.5 Å². The van der Waals surface area contributed by atoms with Crippen LogP contribution in [0.25, 0.3) is 0 Å². The largest absolute Gasteiger partial charge is 0.382 e. The molecule has 2 aromatic rings. The fraction of sp³-hybridized carbons (Fsp3) is 0.561. The zero-order valence-corrected chi connectivity index (χ0v) is 39.2. The monoisotopic (exact) mass is 963 g/mol. The lowest BCUT2D eigenvalue weighted by molar-refractivity contribution is -0.438. The third-order valence-corrected chi connectivity index (χ3v) is 14.7.